The van der Waals surface area contributed by atoms with Gasteiger partial charge in [0, 0.05) is 24.7 Å². The second-order valence-corrected chi connectivity index (χ2v) is 7.66. The van der Waals surface area contributed by atoms with Crippen molar-refractivity contribution >= 4 is 42.3 Å². The number of halogens is 2. The summed E-state index contributed by atoms with van der Waals surface area (Å²) in [5.41, 5.74) is 13.2. The predicted octanol–water partition coefficient (Wildman–Crippen LogP) is 2.54. The van der Waals surface area contributed by atoms with Crippen molar-refractivity contribution in [2.45, 2.75) is 38.6 Å². The number of piperidine rings is 1. The number of rotatable bonds is 6. The second kappa shape index (κ2) is 11.6. The number of nitrogens with zero attached hydrogens (tertiary/aromatic N) is 1. The first-order chi connectivity index (χ1) is 12.6. The van der Waals surface area contributed by atoms with Crippen LogP contribution >= 0.6 is 24.8 Å². The lowest BCUT2D eigenvalue weighted by molar-refractivity contribution is -0.123. The summed E-state index contributed by atoms with van der Waals surface area (Å²) in [5, 5.41) is 3.13. The quantitative estimate of drug-likeness (QED) is 0.644. The normalized spacial score (nSPS) is 24.7. The fraction of sp³-hybridized carbons (Fsp3) is 0.600. The van der Waals surface area contributed by atoms with Crippen LogP contribution in [-0.2, 0) is 16.1 Å². The molecule has 5 N–H and O–H groups in total. The minimum Gasteiger partial charge on any atom is -0.369 e. The molecule has 158 valence electrons. The van der Waals surface area contributed by atoms with Crippen molar-refractivity contribution in [2.24, 2.45) is 29.2 Å². The number of para-hydroxylation sites is 1. The van der Waals surface area contributed by atoms with Crippen molar-refractivity contribution in [1.29, 1.82) is 0 Å². The molecule has 28 heavy (non-hydrogen) atoms. The fourth-order valence-electron chi connectivity index (χ4n) is 4.34. The van der Waals surface area contributed by atoms with E-state index in [1.807, 2.05) is 24.3 Å². The summed E-state index contributed by atoms with van der Waals surface area (Å²) in [6.45, 7) is 2.92. The molecule has 2 amide bonds. The molecule has 3 atom stereocenters. The van der Waals surface area contributed by atoms with Crippen molar-refractivity contribution in [1.82, 2.24) is 4.90 Å². The van der Waals surface area contributed by atoms with Crippen molar-refractivity contribution in [3.63, 3.8) is 0 Å². The Labute approximate surface area is 179 Å². The van der Waals surface area contributed by atoms with Gasteiger partial charge in [0.25, 0.3) is 0 Å². The molecule has 2 aliphatic rings. The van der Waals surface area contributed by atoms with E-state index < -0.39 is 0 Å². The van der Waals surface area contributed by atoms with E-state index >= 15 is 0 Å². The number of carbonyl (C=O) groups excluding carboxylic acids is 2. The van der Waals surface area contributed by atoms with E-state index in [1.165, 1.54) is 0 Å². The summed E-state index contributed by atoms with van der Waals surface area (Å²) in [6, 6.07) is 7.92. The Bertz CT molecular complexity index is 659. The van der Waals surface area contributed by atoms with Crippen LogP contribution < -0.4 is 16.8 Å². The molecule has 8 heteroatoms. The summed E-state index contributed by atoms with van der Waals surface area (Å²) < 4.78 is 0. The monoisotopic (exact) mass is 430 g/mol. The Hall–Kier alpha value is -1.34. The number of benzene rings is 1. The Kier molecular flexibility index (Phi) is 10.2. The Morgan fingerprint density at radius 2 is 1.86 bits per heavy atom. The largest absolute Gasteiger partial charge is 0.369 e. The van der Waals surface area contributed by atoms with E-state index in [9.17, 15) is 9.59 Å². The first kappa shape index (κ1) is 24.7. The molecule has 1 unspecified atom stereocenters. The average Bonchev–Trinajstić information content (AvgIpc) is 3.12. The van der Waals surface area contributed by atoms with Crippen LogP contribution in [0.3, 0.4) is 0 Å². The smallest absolute Gasteiger partial charge is 0.227 e. The van der Waals surface area contributed by atoms with E-state index in [0.717, 1.165) is 49.9 Å². The van der Waals surface area contributed by atoms with Crippen LogP contribution in [0.4, 0.5) is 5.69 Å². The minimum atomic E-state index is -0.217. The Morgan fingerprint density at radius 3 is 2.57 bits per heavy atom. The van der Waals surface area contributed by atoms with Crippen molar-refractivity contribution in [2.75, 3.05) is 25.0 Å². The zero-order chi connectivity index (χ0) is 18.5. The number of hydrogen-bond donors (Lipinski definition) is 3. The standard InChI is InChI=1S/C20H30N4O2.2ClH/c21-11-14-6-3-8-17(14)20(26)23-18-9-2-1-5-15(18)12-24-10-4-7-16(13-24)19(22)25;;/h1-2,5,9,14,16-17H,3-4,6-8,10-13,21H2,(H2,22,25)(H,23,26);2*1H/t14-,16?,17-;;/m1../s1. The molecular formula is C20H32Cl2N4O2. The van der Waals surface area contributed by atoms with E-state index in [2.05, 4.69) is 10.2 Å². The average molecular weight is 431 g/mol. The minimum absolute atomic E-state index is 0. The molecule has 0 spiro atoms. The first-order valence-corrected chi connectivity index (χ1v) is 9.69. The molecule has 0 aromatic heterocycles. The summed E-state index contributed by atoms with van der Waals surface area (Å²) in [7, 11) is 0. The van der Waals surface area contributed by atoms with Gasteiger partial charge in [-0.15, -0.1) is 24.8 Å². The molecule has 3 rings (SSSR count). The number of nitrogens with two attached hydrogens (primary N) is 2. The fourth-order valence-corrected chi connectivity index (χ4v) is 4.34. The van der Waals surface area contributed by atoms with Crippen LogP contribution in [0, 0.1) is 17.8 Å². The van der Waals surface area contributed by atoms with Crippen molar-refractivity contribution < 1.29 is 9.59 Å². The van der Waals surface area contributed by atoms with Crippen LogP contribution in [0.25, 0.3) is 0 Å². The van der Waals surface area contributed by atoms with Gasteiger partial charge in [-0.2, -0.15) is 0 Å². The third-order valence-electron chi connectivity index (χ3n) is 5.88. The van der Waals surface area contributed by atoms with Crippen molar-refractivity contribution in [3.05, 3.63) is 29.8 Å². The highest BCUT2D eigenvalue weighted by Crippen LogP contribution is 2.32. The summed E-state index contributed by atoms with van der Waals surface area (Å²) in [6.07, 6.45) is 4.87. The lowest BCUT2D eigenvalue weighted by Gasteiger charge is -2.31. The topological polar surface area (TPSA) is 101 Å². The molecular weight excluding hydrogens is 399 g/mol. The number of carbonyl (C=O) groups is 2. The highest BCUT2D eigenvalue weighted by molar-refractivity contribution is 5.93. The summed E-state index contributed by atoms with van der Waals surface area (Å²) >= 11 is 0. The number of likely N-dealkylation sites (tertiary alicyclic amines) is 1. The number of hydrogen-bond acceptors (Lipinski definition) is 4. The zero-order valence-corrected chi connectivity index (χ0v) is 17.8. The molecule has 1 aliphatic carbocycles. The van der Waals surface area contributed by atoms with Crippen molar-refractivity contribution in [3.8, 4) is 0 Å². The predicted molar refractivity (Wildman–Crippen MR) is 117 cm³/mol. The molecule has 1 saturated heterocycles. The van der Waals surface area contributed by atoms with Crippen LogP contribution in [0.15, 0.2) is 24.3 Å². The van der Waals surface area contributed by atoms with Crippen LogP contribution in [0.2, 0.25) is 0 Å². The maximum absolute atomic E-state index is 12.7. The lowest BCUT2D eigenvalue weighted by Crippen LogP contribution is -2.40. The van der Waals surface area contributed by atoms with Gasteiger partial charge in [0.05, 0.1) is 5.92 Å². The van der Waals surface area contributed by atoms with Gasteiger partial charge in [-0.3, -0.25) is 14.5 Å². The van der Waals surface area contributed by atoms with Gasteiger partial charge in [0.2, 0.25) is 11.8 Å². The van der Waals surface area contributed by atoms with E-state index in [-0.39, 0.29) is 48.5 Å². The molecule has 2 fully saturated rings. The van der Waals surface area contributed by atoms with Gasteiger partial charge in [0.1, 0.15) is 0 Å². The van der Waals surface area contributed by atoms with Crippen LogP contribution in [0.5, 0.6) is 0 Å². The molecule has 1 saturated carbocycles. The van der Waals surface area contributed by atoms with E-state index in [4.69, 9.17) is 11.5 Å². The molecule has 0 radical (unpaired) electrons. The van der Waals surface area contributed by atoms with Gasteiger partial charge < -0.3 is 16.8 Å². The third-order valence-corrected chi connectivity index (χ3v) is 5.88. The number of amides is 2. The van der Waals surface area contributed by atoms with Crippen LogP contribution in [-0.4, -0.2) is 36.3 Å². The maximum Gasteiger partial charge on any atom is 0.227 e. The highest BCUT2D eigenvalue weighted by Gasteiger charge is 2.32. The lowest BCUT2D eigenvalue weighted by atomic mass is 9.95. The van der Waals surface area contributed by atoms with E-state index in [0.29, 0.717) is 25.6 Å². The number of anilines is 1. The molecule has 1 heterocycles. The van der Waals surface area contributed by atoms with Gasteiger partial charge >= 0.3 is 0 Å². The third kappa shape index (κ3) is 6.08. The number of primary amides is 1. The first-order valence-electron chi connectivity index (χ1n) is 9.69. The SMILES string of the molecule is Cl.Cl.NC[C@H]1CCC[C@H]1C(=O)Nc1ccccc1CN1CCCC(C(N)=O)C1. The molecule has 1 aliphatic heterocycles. The van der Waals surface area contributed by atoms with Gasteiger partial charge in [0.15, 0.2) is 0 Å². The molecule has 6 nitrogen and oxygen atoms in total. The second-order valence-electron chi connectivity index (χ2n) is 7.66. The van der Waals surface area contributed by atoms with Crippen LogP contribution in [0.1, 0.15) is 37.7 Å². The Morgan fingerprint density at radius 1 is 1.11 bits per heavy atom. The summed E-state index contributed by atoms with van der Waals surface area (Å²) in [4.78, 5) is 26.5. The maximum atomic E-state index is 12.7. The number of nitrogens with one attached hydrogen (secondary N) is 1. The van der Waals surface area contributed by atoms with Gasteiger partial charge in [-0.1, -0.05) is 24.6 Å². The summed E-state index contributed by atoms with van der Waals surface area (Å²) in [5.74, 6) is 0.0987. The molecule has 1 aromatic carbocycles. The Balaban J connectivity index is 0.00000196. The van der Waals surface area contributed by atoms with Gasteiger partial charge in [-0.05, 0) is 56.3 Å². The van der Waals surface area contributed by atoms with Gasteiger partial charge in [-0.25, -0.2) is 0 Å². The zero-order valence-electron chi connectivity index (χ0n) is 16.1. The molecule has 0 bridgehead atoms. The highest BCUT2D eigenvalue weighted by atomic mass is 35.5. The van der Waals surface area contributed by atoms with E-state index in [1.54, 1.807) is 0 Å². The molecule has 1 aromatic rings.